The standard InChI is InChI=1S/C20H19F3N6O3S/c1-32-15-5-6-16(30)13(8-15)10-25-27-18-26-19(29-28-18)33-11-17(31)24-9-12-3-2-4-14(7-12)20(21,22)23/h2-8,10,30H,9,11H2,1H3,(H,24,31)(H2,26,27,28,29)/b25-10-. The monoisotopic (exact) mass is 480 g/mol. The number of halogens is 3. The maximum absolute atomic E-state index is 12.8. The lowest BCUT2D eigenvalue weighted by molar-refractivity contribution is -0.137. The van der Waals surface area contributed by atoms with E-state index in [2.05, 4.69) is 31.0 Å². The number of phenolic OH excluding ortho intramolecular Hbond substituents is 1. The molecule has 33 heavy (non-hydrogen) atoms. The van der Waals surface area contributed by atoms with Crippen molar-refractivity contribution in [3.8, 4) is 11.5 Å². The van der Waals surface area contributed by atoms with Gasteiger partial charge in [0, 0.05) is 12.1 Å². The molecule has 1 heterocycles. The third-order valence-electron chi connectivity index (χ3n) is 4.15. The van der Waals surface area contributed by atoms with Crippen LogP contribution in [0, 0.1) is 0 Å². The quantitative estimate of drug-likeness (QED) is 0.210. The van der Waals surface area contributed by atoms with Crippen LogP contribution in [0.1, 0.15) is 16.7 Å². The van der Waals surface area contributed by atoms with Crippen LogP contribution in [0.2, 0.25) is 0 Å². The average Bonchev–Trinajstić information content (AvgIpc) is 3.25. The van der Waals surface area contributed by atoms with Crippen LogP contribution in [0.3, 0.4) is 0 Å². The zero-order chi connectivity index (χ0) is 23.8. The number of aromatic amines is 1. The van der Waals surface area contributed by atoms with Crippen molar-refractivity contribution in [2.75, 3.05) is 18.3 Å². The first-order valence-electron chi connectivity index (χ1n) is 9.38. The van der Waals surface area contributed by atoms with Gasteiger partial charge in [-0.3, -0.25) is 4.79 Å². The van der Waals surface area contributed by atoms with Crippen molar-refractivity contribution < 1.29 is 27.8 Å². The van der Waals surface area contributed by atoms with Gasteiger partial charge in [-0.25, -0.2) is 10.5 Å². The van der Waals surface area contributed by atoms with Gasteiger partial charge in [-0.15, -0.1) is 5.10 Å². The van der Waals surface area contributed by atoms with Crippen molar-refractivity contribution in [2.24, 2.45) is 5.10 Å². The molecule has 2 aromatic carbocycles. The second-order valence-corrected chi connectivity index (χ2v) is 7.47. The molecule has 0 spiro atoms. The first kappa shape index (κ1) is 23.9. The number of thioether (sulfide) groups is 1. The predicted octanol–water partition coefficient (Wildman–Crippen LogP) is 3.39. The summed E-state index contributed by atoms with van der Waals surface area (Å²) in [6.07, 6.45) is -3.07. The van der Waals surface area contributed by atoms with E-state index in [4.69, 9.17) is 4.74 Å². The zero-order valence-corrected chi connectivity index (χ0v) is 18.0. The van der Waals surface area contributed by atoms with E-state index in [1.165, 1.54) is 31.5 Å². The highest BCUT2D eigenvalue weighted by molar-refractivity contribution is 7.99. The number of ether oxygens (including phenoxy) is 1. The fourth-order valence-electron chi connectivity index (χ4n) is 2.53. The normalized spacial score (nSPS) is 11.5. The molecule has 3 rings (SSSR count). The number of phenols is 1. The molecular weight excluding hydrogens is 461 g/mol. The molecule has 0 saturated carbocycles. The van der Waals surface area contributed by atoms with Crippen molar-refractivity contribution in [1.29, 1.82) is 0 Å². The van der Waals surface area contributed by atoms with Gasteiger partial charge in [0.05, 0.1) is 24.6 Å². The Bertz CT molecular complexity index is 1140. The number of hydrogen-bond acceptors (Lipinski definition) is 8. The van der Waals surface area contributed by atoms with Gasteiger partial charge >= 0.3 is 6.18 Å². The first-order chi connectivity index (χ1) is 15.7. The second kappa shape index (κ2) is 10.7. The summed E-state index contributed by atoms with van der Waals surface area (Å²) < 4.78 is 43.3. The lowest BCUT2D eigenvalue weighted by atomic mass is 10.1. The third-order valence-corrected chi connectivity index (χ3v) is 5.00. The minimum atomic E-state index is -4.44. The van der Waals surface area contributed by atoms with E-state index >= 15 is 0 Å². The molecule has 0 aliphatic carbocycles. The maximum Gasteiger partial charge on any atom is 0.416 e. The van der Waals surface area contributed by atoms with E-state index in [1.54, 1.807) is 12.1 Å². The number of carbonyl (C=O) groups is 1. The summed E-state index contributed by atoms with van der Waals surface area (Å²) in [5, 5.41) is 23.1. The van der Waals surface area contributed by atoms with Gasteiger partial charge in [0.15, 0.2) is 0 Å². The highest BCUT2D eigenvalue weighted by atomic mass is 32.2. The predicted molar refractivity (Wildman–Crippen MR) is 116 cm³/mol. The summed E-state index contributed by atoms with van der Waals surface area (Å²) in [6, 6.07) is 9.43. The van der Waals surface area contributed by atoms with Crippen molar-refractivity contribution in [3.05, 3.63) is 59.2 Å². The van der Waals surface area contributed by atoms with Gasteiger partial charge in [0.1, 0.15) is 11.5 Å². The Morgan fingerprint density at radius 3 is 2.88 bits per heavy atom. The molecule has 3 aromatic rings. The molecule has 0 fully saturated rings. The molecule has 1 amide bonds. The number of aromatic hydroxyl groups is 1. The molecule has 0 aliphatic heterocycles. The van der Waals surface area contributed by atoms with Gasteiger partial charge in [-0.05, 0) is 35.9 Å². The highest BCUT2D eigenvalue weighted by Crippen LogP contribution is 2.29. The molecule has 0 aliphatic rings. The van der Waals surface area contributed by atoms with E-state index in [0.29, 0.717) is 16.9 Å². The summed E-state index contributed by atoms with van der Waals surface area (Å²) >= 11 is 1.04. The van der Waals surface area contributed by atoms with Crippen molar-refractivity contribution in [2.45, 2.75) is 17.9 Å². The van der Waals surface area contributed by atoms with Gasteiger partial charge < -0.3 is 15.2 Å². The maximum atomic E-state index is 12.8. The number of alkyl halides is 3. The van der Waals surface area contributed by atoms with E-state index in [-0.39, 0.29) is 35.1 Å². The number of hydrazone groups is 1. The number of amides is 1. The molecule has 0 saturated heterocycles. The van der Waals surface area contributed by atoms with Crippen LogP contribution in [-0.2, 0) is 17.5 Å². The van der Waals surface area contributed by atoms with Crippen LogP contribution < -0.4 is 15.5 Å². The molecular formula is C20H19F3N6O3S. The second-order valence-electron chi connectivity index (χ2n) is 6.52. The zero-order valence-electron chi connectivity index (χ0n) is 17.2. The molecule has 1 aromatic heterocycles. The van der Waals surface area contributed by atoms with E-state index < -0.39 is 11.7 Å². The topological polar surface area (TPSA) is 125 Å². The van der Waals surface area contributed by atoms with Gasteiger partial charge in [0.25, 0.3) is 0 Å². The molecule has 9 nitrogen and oxygen atoms in total. The number of carbonyl (C=O) groups excluding carboxylic acids is 1. The molecule has 0 radical (unpaired) electrons. The number of anilines is 1. The Kier molecular flexibility index (Phi) is 7.77. The lowest BCUT2D eigenvalue weighted by Gasteiger charge is -2.09. The average molecular weight is 480 g/mol. The summed E-state index contributed by atoms with van der Waals surface area (Å²) in [5.74, 6) is 0.367. The Morgan fingerprint density at radius 2 is 2.12 bits per heavy atom. The number of aromatic nitrogens is 3. The third kappa shape index (κ3) is 7.14. The number of nitrogens with one attached hydrogen (secondary N) is 3. The Morgan fingerprint density at radius 1 is 1.30 bits per heavy atom. The minimum absolute atomic E-state index is 0.0197. The van der Waals surface area contributed by atoms with Crippen LogP contribution >= 0.6 is 11.8 Å². The molecule has 13 heteroatoms. The van der Waals surface area contributed by atoms with Gasteiger partial charge in [-0.2, -0.15) is 23.3 Å². The minimum Gasteiger partial charge on any atom is -0.507 e. The van der Waals surface area contributed by atoms with Crippen molar-refractivity contribution in [1.82, 2.24) is 20.5 Å². The molecule has 174 valence electrons. The Labute approximate surface area is 190 Å². The van der Waals surface area contributed by atoms with Crippen LogP contribution in [0.25, 0.3) is 0 Å². The van der Waals surface area contributed by atoms with Crippen molar-refractivity contribution >= 4 is 29.8 Å². The smallest absolute Gasteiger partial charge is 0.416 e. The summed E-state index contributed by atoms with van der Waals surface area (Å²) in [6.45, 7) is -0.0318. The number of rotatable bonds is 9. The highest BCUT2D eigenvalue weighted by Gasteiger charge is 2.30. The van der Waals surface area contributed by atoms with Gasteiger partial charge in [0.2, 0.25) is 17.0 Å². The molecule has 0 atom stereocenters. The Balaban J connectivity index is 1.46. The number of nitrogens with zero attached hydrogens (tertiary/aromatic N) is 3. The van der Waals surface area contributed by atoms with Crippen LogP contribution in [0.15, 0.2) is 52.7 Å². The lowest BCUT2D eigenvalue weighted by Crippen LogP contribution is -2.24. The molecule has 0 unspecified atom stereocenters. The number of hydrogen-bond donors (Lipinski definition) is 4. The molecule has 4 N–H and O–H groups in total. The van der Waals surface area contributed by atoms with E-state index in [1.807, 2.05) is 0 Å². The van der Waals surface area contributed by atoms with E-state index in [0.717, 1.165) is 23.9 Å². The fraction of sp³-hybridized carbons (Fsp3) is 0.200. The summed E-state index contributed by atoms with van der Waals surface area (Å²) in [4.78, 5) is 16.1. The molecule has 0 bridgehead atoms. The first-order valence-corrected chi connectivity index (χ1v) is 10.4. The largest absolute Gasteiger partial charge is 0.507 e. The number of benzene rings is 2. The van der Waals surface area contributed by atoms with Crippen LogP contribution in [-0.4, -0.2) is 45.3 Å². The SMILES string of the molecule is COc1ccc(O)c(/C=N\Nc2nc(SCC(=O)NCc3cccc(C(F)(F)F)c3)n[nH]2)c1. The summed E-state index contributed by atoms with van der Waals surface area (Å²) in [7, 11) is 1.50. The van der Waals surface area contributed by atoms with Crippen LogP contribution in [0.4, 0.5) is 19.1 Å². The van der Waals surface area contributed by atoms with E-state index in [9.17, 15) is 23.1 Å². The summed E-state index contributed by atoms with van der Waals surface area (Å²) in [5.41, 5.74) is 2.61. The number of H-pyrrole nitrogens is 1. The Hall–Kier alpha value is -3.74. The van der Waals surface area contributed by atoms with Crippen molar-refractivity contribution in [3.63, 3.8) is 0 Å². The fourth-order valence-corrected chi connectivity index (χ4v) is 3.15. The van der Waals surface area contributed by atoms with Gasteiger partial charge in [-0.1, -0.05) is 23.9 Å². The van der Waals surface area contributed by atoms with Crippen LogP contribution in [0.5, 0.6) is 11.5 Å². The number of methoxy groups -OCH3 is 1.